The first kappa shape index (κ1) is 20.7. The number of hydrogen-bond acceptors (Lipinski definition) is 2. The number of rotatable bonds is 3. The number of anilines is 1. The number of amides is 2. The number of benzene rings is 2. The first-order chi connectivity index (χ1) is 14.3. The summed E-state index contributed by atoms with van der Waals surface area (Å²) in [6.07, 6.45) is 1.65. The number of likely N-dealkylation sites (tertiary alicyclic amines) is 2. The van der Waals surface area contributed by atoms with Gasteiger partial charge in [-0.15, -0.1) is 0 Å². The van der Waals surface area contributed by atoms with Gasteiger partial charge in [0.05, 0.1) is 0 Å². The summed E-state index contributed by atoms with van der Waals surface area (Å²) >= 11 is 0. The largest absolute Gasteiger partial charge is 0.324 e. The van der Waals surface area contributed by atoms with E-state index in [9.17, 15) is 18.0 Å². The van der Waals surface area contributed by atoms with Crippen LogP contribution in [0.25, 0.3) is 0 Å². The van der Waals surface area contributed by atoms with E-state index in [1.165, 1.54) is 12.1 Å². The van der Waals surface area contributed by atoms with Crippen LogP contribution >= 0.6 is 0 Å². The number of nitrogens with one attached hydrogen (secondary N) is 1. The molecule has 30 heavy (non-hydrogen) atoms. The Morgan fingerprint density at radius 1 is 1.00 bits per heavy atom. The third-order valence-corrected chi connectivity index (χ3v) is 6.42. The monoisotopic (exact) mass is 417 g/mol. The van der Waals surface area contributed by atoms with Crippen LogP contribution in [0.5, 0.6) is 0 Å². The molecule has 4 rings (SSSR count). The molecule has 1 unspecified atom stereocenters. The molecule has 2 aliphatic rings. The summed E-state index contributed by atoms with van der Waals surface area (Å²) in [5, 5.41) is 2.59. The summed E-state index contributed by atoms with van der Waals surface area (Å²) in [7, 11) is 0. The molecule has 1 spiro atoms. The van der Waals surface area contributed by atoms with E-state index in [0.717, 1.165) is 43.1 Å². The SMILES string of the molecule is CC(C)N1CC2(CCN(C(=O)Nc3cc(F)cc(F)c3)CC2)C1c1ccc(F)cc1. The molecule has 0 aliphatic carbocycles. The molecule has 0 saturated carbocycles. The van der Waals surface area contributed by atoms with Gasteiger partial charge in [-0.25, -0.2) is 18.0 Å². The number of carbonyl (C=O) groups excluding carboxylic acids is 1. The summed E-state index contributed by atoms with van der Waals surface area (Å²) in [5.41, 5.74) is 1.25. The highest BCUT2D eigenvalue weighted by molar-refractivity contribution is 5.89. The quantitative estimate of drug-likeness (QED) is 0.747. The number of urea groups is 1. The summed E-state index contributed by atoms with van der Waals surface area (Å²) < 4.78 is 40.2. The Morgan fingerprint density at radius 3 is 2.17 bits per heavy atom. The number of piperidine rings is 1. The molecule has 7 heteroatoms. The van der Waals surface area contributed by atoms with E-state index in [0.29, 0.717) is 19.1 Å². The van der Waals surface area contributed by atoms with E-state index < -0.39 is 11.6 Å². The van der Waals surface area contributed by atoms with Crippen molar-refractivity contribution in [2.45, 2.75) is 38.8 Å². The predicted octanol–water partition coefficient (Wildman–Crippen LogP) is 5.18. The Morgan fingerprint density at radius 2 is 1.60 bits per heavy atom. The average Bonchev–Trinajstić information content (AvgIpc) is 2.67. The summed E-state index contributed by atoms with van der Waals surface area (Å²) in [6, 6.07) is 9.89. The van der Waals surface area contributed by atoms with Gasteiger partial charge < -0.3 is 10.2 Å². The lowest BCUT2D eigenvalue weighted by molar-refractivity contribution is -0.123. The summed E-state index contributed by atoms with van der Waals surface area (Å²) in [5.74, 6) is -1.70. The third-order valence-electron chi connectivity index (χ3n) is 6.42. The van der Waals surface area contributed by atoms with Gasteiger partial charge in [0.2, 0.25) is 0 Å². The van der Waals surface area contributed by atoms with E-state index >= 15 is 0 Å². The zero-order valence-electron chi connectivity index (χ0n) is 17.2. The Bertz CT molecular complexity index is 904. The van der Waals surface area contributed by atoms with Crippen LogP contribution in [0.4, 0.5) is 23.7 Å². The Hall–Kier alpha value is -2.54. The molecule has 1 atom stereocenters. The molecule has 2 heterocycles. The van der Waals surface area contributed by atoms with Crippen molar-refractivity contribution >= 4 is 11.7 Å². The maximum atomic E-state index is 13.4. The van der Waals surface area contributed by atoms with E-state index in [1.807, 2.05) is 12.1 Å². The molecule has 0 radical (unpaired) electrons. The molecular formula is C23H26F3N3O. The van der Waals surface area contributed by atoms with Crippen molar-refractivity contribution in [2.24, 2.45) is 5.41 Å². The fourth-order valence-corrected chi connectivity index (χ4v) is 4.87. The molecule has 2 aromatic rings. The van der Waals surface area contributed by atoms with Crippen LogP contribution in [0.1, 0.15) is 38.3 Å². The highest BCUT2D eigenvalue weighted by Crippen LogP contribution is 2.55. The Balaban J connectivity index is 1.44. The standard InChI is InChI=1S/C23H26F3N3O/c1-15(2)29-14-23(21(29)16-3-5-17(24)6-4-16)7-9-28(10-8-23)22(30)27-20-12-18(25)11-19(26)13-20/h3-6,11-13,15,21H,7-10,14H2,1-2H3,(H,27,30). The molecule has 0 bridgehead atoms. The van der Waals surface area contributed by atoms with Crippen LogP contribution in [-0.2, 0) is 0 Å². The van der Waals surface area contributed by atoms with E-state index in [4.69, 9.17) is 0 Å². The van der Waals surface area contributed by atoms with Crippen LogP contribution in [0.15, 0.2) is 42.5 Å². The smallest absolute Gasteiger partial charge is 0.321 e. The second kappa shape index (κ2) is 7.95. The third kappa shape index (κ3) is 3.90. The molecular weight excluding hydrogens is 391 g/mol. The maximum absolute atomic E-state index is 13.4. The Kier molecular flexibility index (Phi) is 5.49. The van der Waals surface area contributed by atoms with Gasteiger partial charge >= 0.3 is 6.03 Å². The predicted molar refractivity (Wildman–Crippen MR) is 110 cm³/mol. The minimum Gasteiger partial charge on any atom is -0.324 e. The van der Waals surface area contributed by atoms with E-state index in [-0.39, 0.29) is 29.0 Å². The molecule has 1 N–H and O–H groups in total. The fraction of sp³-hybridized carbons (Fsp3) is 0.435. The number of nitrogens with zero attached hydrogens (tertiary/aromatic N) is 2. The van der Waals surface area contributed by atoms with Crippen molar-refractivity contribution < 1.29 is 18.0 Å². The van der Waals surface area contributed by atoms with Crippen LogP contribution in [0.3, 0.4) is 0 Å². The molecule has 2 aliphatic heterocycles. The van der Waals surface area contributed by atoms with Crippen molar-refractivity contribution in [3.63, 3.8) is 0 Å². The van der Waals surface area contributed by atoms with Gasteiger partial charge in [-0.3, -0.25) is 4.90 Å². The first-order valence-corrected chi connectivity index (χ1v) is 10.3. The average molecular weight is 417 g/mol. The molecule has 2 saturated heterocycles. The van der Waals surface area contributed by atoms with Gasteiger partial charge in [-0.05, 0) is 56.5 Å². The zero-order chi connectivity index (χ0) is 21.5. The van der Waals surface area contributed by atoms with Crippen LogP contribution in [0, 0.1) is 22.9 Å². The van der Waals surface area contributed by atoms with Crippen LogP contribution in [0.2, 0.25) is 0 Å². The first-order valence-electron chi connectivity index (χ1n) is 10.3. The second-order valence-electron chi connectivity index (χ2n) is 8.66. The zero-order valence-corrected chi connectivity index (χ0v) is 17.2. The Labute approximate surface area is 174 Å². The van der Waals surface area contributed by atoms with Crippen LogP contribution in [-0.4, -0.2) is 41.5 Å². The van der Waals surface area contributed by atoms with Crippen molar-refractivity contribution in [3.8, 4) is 0 Å². The number of halogens is 3. The highest BCUT2D eigenvalue weighted by atomic mass is 19.1. The van der Waals surface area contributed by atoms with Gasteiger partial charge in [0.15, 0.2) is 0 Å². The molecule has 2 amide bonds. The van der Waals surface area contributed by atoms with Gasteiger partial charge in [0, 0.05) is 48.9 Å². The molecule has 0 aromatic heterocycles. The van der Waals surface area contributed by atoms with Crippen molar-refractivity contribution in [2.75, 3.05) is 25.0 Å². The molecule has 4 nitrogen and oxygen atoms in total. The molecule has 2 fully saturated rings. The summed E-state index contributed by atoms with van der Waals surface area (Å²) in [6.45, 7) is 6.38. The second-order valence-corrected chi connectivity index (χ2v) is 8.66. The molecule has 2 aromatic carbocycles. The number of hydrogen-bond donors (Lipinski definition) is 1. The normalized spacial score (nSPS) is 21.0. The maximum Gasteiger partial charge on any atom is 0.321 e. The lowest BCUT2D eigenvalue weighted by atomic mass is 9.62. The van der Waals surface area contributed by atoms with Crippen molar-refractivity contribution in [1.82, 2.24) is 9.80 Å². The molecule has 160 valence electrons. The fourth-order valence-electron chi connectivity index (χ4n) is 4.87. The minimum absolute atomic E-state index is 0.0455. The van der Waals surface area contributed by atoms with Crippen molar-refractivity contribution in [3.05, 3.63) is 65.5 Å². The highest BCUT2D eigenvalue weighted by Gasteiger charge is 2.54. The lowest BCUT2D eigenvalue weighted by Crippen LogP contribution is -2.64. The van der Waals surface area contributed by atoms with Gasteiger partial charge in [-0.2, -0.15) is 0 Å². The topological polar surface area (TPSA) is 35.6 Å². The van der Waals surface area contributed by atoms with E-state index in [2.05, 4.69) is 24.1 Å². The van der Waals surface area contributed by atoms with Gasteiger partial charge in [0.1, 0.15) is 17.5 Å². The lowest BCUT2D eigenvalue weighted by Gasteiger charge is -2.62. The summed E-state index contributed by atoms with van der Waals surface area (Å²) in [4.78, 5) is 16.7. The van der Waals surface area contributed by atoms with Gasteiger partial charge in [0.25, 0.3) is 0 Å². The minimum atomic E-state index is -0.728. The van der Waals surface area contributed by atoms with Gasteiger partial charge in [-0.1, -0.05) is 12.1 Å². The van der Waals surface area contributed by atoms with Crippen LogP contribution < -0.4 is 5.32 Å². The van der Waals surface area contributed by atoms with E-state index in [1.54, 1.807) is 4.90 Å². The number of carbonyl (C=O) groups is 1. The van der Waals surface area contributed by atoms with Crippen molar-refractivity contribution in [1.29, 1.82) is 0 Å².